The smallest absolute Gasteiger partial charge is 0.295 e. The minimum Gasteiger partial charge on any atom is -0.507 e. The molecular weight excluding hydrogens is 382 g/mol. The molecule has 1 aromatic heterocycles. The van der Waals surface area contributed by atoms with Crippen LogP contribution in [0.15, 0.2) is 54.4 Å². The van der Waals surface area contributed by atoms with Crippen molar-refractivity contribution < 1.29 is 24.3 Å². The van der Waals surface area contributed by atoms with Gasteiger partial charge in [0, 0.05) is 18.0 Å². The first kappa shape index (κ1) is 21.5. The lowest BCUT2D eigenvalue weighted by Crippen LogP contribution is -3.06. The van der Waals surface area contributed by atoms with Crippen LogP contribution in [0.1, 0.15) is 30.5 Å². The fraction of sp³-hybridized carbons (Fsp3) is 0.348. The molecule has 0 unspecified atom stereocenters. The number of nitrogens with zero attached hydrogens (tertiary/aromatic N) is 2. The van der Waals surface area contributed by atoms with E-state index in [1.807, 2.05) is 21.0 Å². The maximum Gasteiger partial charge on any atom is 0.295 e. The molecule has 2 heterocycles. The summed E-state index contributed by atoms with van der Waals surface area (Å²) in [5.41, 5.74) is 1.30. The number of aliphatic hydroxyl groups excluding tert-OH is 1. The third-order valence-electron chi connectivity index (χ3n) is 5.02. The fourth-order valence-electron chi connectivity index (χ4n) is 3.43. The van der Waals surface area contributed by atoms with E-state index in [1.54, 1.807) is 48.8 Å². The van der Waals surface area contributed by atoms with Crippen molar-refractivity contribution in [1.82, 2.24) is 9.88 Å². The van der Waals surface area contributed by atoms with Crippen LogP contribution in [-0.2, 0) is 9.59 Å². The Morgan fingerprint density at radius 1 is 1.13 bits per heavy atom. The van der Waals surface area contributed by atoms with Crippen LogP contribution in [0.4, 0.5) is 0 Å². The summed E-state index contributed by atoms with van der Waals surface area (Å²) >= 11 is 0. The number of carbonyl (C=O) groups is 2. The van der Waals surface area contributed by atoms with Crippen LogP contribution in [0.5, 0.6) is 5.75 Å². The van der Waals surface area contributed by atoms with Gasteiger partial charge in [-0.25, -0.2) is 0 Å². The van der Waals surface area contributed by atoms with Crippen molar-refractivity contribution in [3.63, 3.8) is 0 Å². The number of ether oxygens (including phenoxy) is 1. The monoisotopic (exact) mass is 410 g/mol. The molecule has 3 rings (SSSR count). The number of likely N-dealkylation sites (tertiary alicyclic amines) is 1. The summed E-state index contributed by atoms with van der Waals surface area (Å²) < 4.78 is 5.58. The number of hydrogen-bond acceptors (Lipinski definition) is 5. The Labute approximate surface area is 176 Å². The van der Waals surface area contributed by atoms with E-state index in [1.165, 1.54) is 4.90 Å². The number of likely N-dealkylation sites (N-methyl/N-ethyl adjacent to an activating group) is 1. The van der Waals surface area contributed by atoms with Crippen molar-refractivity contribution in [2.75, 3.05) is 33.8 Å². The minimum absolute atomic E-state index is 0.0992. The van der Waals surface area contributed by atoms with E-state index in [9.17, 15) is 14.7 Å². The summed E-state index contributed by atoms with van der Waals surface area (Å²) in [5, 5.41) is 11.0. The maximum absolute atomic E-state index is 12.9. The zero-order chi connectivity index (χ0) is 21.7. The summed E-state index contributed by atoms with van der Waals surface area (Å²) in [5.74, 6) is -0.762. The first-order valence-corrected chi connectivity index (χ1v) is 10.1. The van der Waals surface area contributed by atoms with Gasteiger partial charge in [0.2, 0.25) is 0 Å². The zero-order valence-electron chi connectivity index (χ0n) is 17.6. The summed E-state index contributed by atoms with van der Waals surface area (Å²) in [4.78, 5) is 32.4. The van der Waals surface area contributed by atoms with E-state index >= 15 is 0 Å². The first-order chi connectivity index (χ1) is 14.4. The molecule has 1 aromatic carbocycles. The molecule has 7 nitrogen and oxygen atoms in total. The van der Waals surface area contributed by atoms with Crippen LogP contribution in [0.3, 0.4) is 0 Å². The van der Waals surface area contributed by atoms with Crippen molar-refractivity contribution in [3.05, 3.63) is 65.5 Å². The number of quaternary nitrogens is 1. The topological polar surface area (TPSA) is 84.2 Å². The molecule has 0 spiro atoms. The lowest BCUT2D eigenvalue weighted by Gasteiger charge is -2.25. The highest BCUT2D eigenvalue weighted by Crippen LogP contribution is 2.39. The largest absolute Gasteiger partial charge is 0.507 e. The molecule has 7 heteroatoms. The molecule has 0 radical (unpaired) electrons. The number of aliphatic hydroxyl groups is 1. The third-order valence-corrected chi connectivity index (χ3v) is 5.02. The maximum atomic E-state index is 12.9. The van der Waals surface area contributed by atoms with Crippen molar-refractivity contribution in [1.29, 1.82) is 0 Å². The predicted molar refractivity (Wildman–Crippen MR) is 113 cm³/mol. The highest BCUT2D eigenvalue weighted by Gasteiger charge is 2.46. The Morgan fingerprint density at radius 2 is 1.80 bits per heavy atom. The number of rotatable bonds is 8. The standard InChI is InChI=1S/C23H27N3O4/c1-4-15-30-18-7-5-17(6-8-18)21(27)19-20(16-9-11-24-12-10-16)26(14-13-25(2)3)23(29)22(19)28/h5-12,20,27H,4,13-15H2,1-3H3/p+1/b21-19+/t20-/m0/s1. The molecule has 1 fully saturated rings. The van der Waals surface area contributed by atoms with Crippen LogP contribution < -0.4 is 9.64 Å². The normalized spacial score (nSPS) is 18.3. The predicted octanol–water partition coefficient (Wildman–Crippen LogP) is 1.44. The van der Waals surface area contributed by atoms with Crippen LogP contribution in [-0.4, -0.2) is 60.5 Å². The summed E-state index contributed by atoms with van der Waals surface area (Å²) in [6, 6.07) is 9.77. The third kappa shape index (κ3) is 4.52. The van der Waals surface area contributed by atoms with Crippen molar-refractivity contribution in [2.45, 2.75) is 19.4 Å². The molecule has 1 amide bonds. The Balaban J connectivity index is 2.03. The average molecular weight is 410 g/mol. The molecule has 158 valence electrons. The second kappa shape index (κ2) is 9.54. The number of carbonyl (C=O) groups excluding carboxylic acids is 2. The van der Waals surface area contributed by atoms with E-state index < -0.39 is 17.7 Å². The summed E-state index contributed by atoms with van der Waals surface area (Å²) in [7, 11) is 3.97. The molecule has 0 saturated carbocycles. The van der Waals surface area contributed by atoms with Crippen molar-refractivity contribution >= 4 is 17.4 Å². The molecule has 1 aliphatic rings. The van der Waals surface area contributed by atoms with E-state index in [0.29, 0.717) is 31.0 Å². The number of hydrogen-bond donors (Lipinski definition) is 2. The van der Waals surface area contributed by atoms with Gasteiger partial charge < -0.3 is 19.6 Å². The van der Waals surface area contributed by atoms with Crippen LogP contribution >= 0.6 is 0 Å². The van der Waals surface area contributed by atoms with Crippen LogP contribution in [0, 0.1) is 0 Å². The van der Waals surface area contributed by atoms with Gasteiger partial charge in [0.15, 0.2) is 0 Å². The van der Waals surface area contributed by atoms with Gasteiger partial charge in [-0.2, -0.15) is 0 Å². The lowest BCUT2D eigenvalue weighted by atomic mass is 9.96. The Bertz CT molecular complexity index is 923. The highest BCUT2D eigenvalue weighted by molar-refractivity contribution is 6.46. The number of pyridine rings is 1. The van der Waals surface area contributed by atoms with Gasteiger partial charge in [0.1, 0.15) is 11.5 Å². The molecule has 1 aliphatic heterocycles. The number of ketones is 1. The number of Topliss-reactive ketones (excluding diaryl/α,β-unsaturated/α-hetero) is 1. The van der Waals surface area contributed by atoms with Gasteiger partial charge >= 0.3 is 0 Å². The fourth-order valence-corrected chi connectivity index (χ4v) is 3.43. The van der Waals surface area contributed by atoms with E-state index in [2.05, 4.69) is 4.98 Å². The lowest BCUT2D eigenvalue weighted by molar-refractivity contribution is -0.857. The van der Waals surface area contributed by atoms with Crippen LogP contribution in [0.25, 0.3) is 5.76 Å². The summed E-state index contributed by atoms with van der Waals surface area (Å²) in [6.45, 7) is 3.71. The van der Waals surface area contributed by atoms with Gasteiger partial charge in [-0.1, -0.05) is 6.92 Å². The number of nitrogens with one attached hydrogen (secondary N) is 1. The molecule has 2 aromatic rings. The van der Waals surface area contributed by atoms with E-state index in [0.717, 1.165) is 16.9 Å². The average Bonchev–Trinajstić information content (AvgIpc) is 3.01. The zero-order valence-corrected chi connectivity index (χ0v) is 17.6. The molecule has 2 N–H and O–H groups in total. The van der Waals surface area contributed by atoms with E-state index in [-0.39, 0.29) is 11.3 Å². The van der Waals surface area contributed by atoms with Gasteiger partial charge in [-0.05, 0) is 48.4 Å². The summed E-state index contributed by atoms with van der Waals surface area (Å²) in [6.07, 6.45) is 4.13. The van der Waals surface area contributed by atoms with Gasteiger partial charge in [-0.3, -0.25) is 14.6 Å². The Morgan fingerprint density at radius 3 is 2.40 bits per heavy atom. The van der Waals surface area contributed by atoms with Gasteiger partial charge in [0.05, 0.1) is 45.4 Å². The van der Waals surface area contributed by atoms with Crippen molar-refractivity contribution in [2.24, 2.45) is 0 Å². The highest BCUT2D eigenvalue weighted by atomic mass is 16.5. The minimum atomic E-state index is -0.672. The SMILES string of the molecule is CCCOc1ccc(/C(O)=C2\C(=O)C(=O)N(CC[NH+](C)C)[C@H]2c2ccncc2)cc1. The first-order valence-electron chi connectivity index (χ1n) is 10.1. The number of benzene rings is 1. The van der Waals surface area contributed by atoms with Gasteiger partial charge in [-0.15, -0.1) is 0 Å². The quantitative estimate of drug-likeness (QED) is 0.391. The molecule has 1 atom stereocenters. The Hall–Kier alpha value is -3.19. The second-order valence-corrected chi connectivity index (χ2v) is 7.60. The number of aromatic nitrogens is 1. The number of amides is 1. The molecule has 0 aliphatic carbocycles. The van der Waals surface area contributed by atoms with Crippen molar-refractivity contribution in [3.8, 4) is 5.75 Å². The van der Waals surface area contributed by atoms with E-state index in [4.69, 9.17) is 4.74 Å². The Kier molecular flexibility index (Phi) is 6.84. The second-order valence-electron chi connectivity index (χ2n) is 7.60. The molecule has 0 bridgehead atoms. The van der Waals surface area contributed by atoms with Gasteiger partial charge in [0.25, 0.3) is 11.7 Å². The molecular formula is C23H28N3O4+. The van der Waals surface area contributed by atoms with Crippen LogP contribution in [0.2, 0.25) is 0 Å². The molecule has 30 heavy (non-hydrogen) atoms. The molecule has 1 saturated heterocycles.